The van der Waals surface area contributed by atoms with Crippen LogP contribution in [0.3, 0.4) is 0 Å². The van der Waals surface area contributed by atoms with Crippen LogP contribution in [-0.4, -0.2) is 10.6 Å². The van der Waals surface area contributed by atoms with E-state index in [0.717, 1.165) is 21.4 Å². The van der Waals surface area contributed by atoms with E-state index in [0.29, 0.717) is 11.3 Å². The lowest BCUT2D eigenvalue weighted by atomic mass is 10.1. The van der Waals surface area contributed by atoms with E-state index in [9.17, 15) is 13.2 Å². The molecule has 1 aliphatic rings. The van der Waals surface area contributed by atoms with E-state index in [1.54, 1.807) is 6.07 Å². The van der Waals surface area contributed by atoms with E-state index < -0.39 is 11.7 Å². The van der Waals surface area contributed by atoms with Crippen LogP contribution in [0.15, 0.2) is 29.8 Å². The molecule has 0 N–H and O–H groups in total. The van der Waals surface area contributed by atoms with Crippen molar-refractivity contribution in [2.45, 2.75) is 13.1 Å². The molecule has 0 unspecified atom stereocenters. The Bertz CT molecular complexity index is 501. The van der Waals surface area contributed by atoms with Gasteiger partial charge in [-0.2, -0.15) is 13.2 Å². The maximum absolute atomic E-state index is 12.6. The summed E-state index contributed by atoms with van der Waals surface area (Å²) in [6, 6.07) is 5.38. The SMILES string of the molecule is CC1=C(c2cccc(C(F)(F)F)c2)SCC1=S. The summed E-state index contributed by atoms with van der Waals surface area (Å²) in [7, 11) is 0. The quantitative estimate of drug-likeness (QED) is 0.689. The number of hydrogen-bond acceptors (Lipinski definition) is 2. The molecule has 90 valence electrons. The van der Waals surface area contributed by atoms with Crippen LogP contribution in [0, 0.1) is 0 Å². The molecular weight excluding hydrogens is 265 g/mol. The fourth-order valence-electron chi connectivity index (χ4n) is 1.62. The standard InChI is InChI=1S/C12H9F3S2/c1-7-10(16)6-17-11(7)8-3-2-4-9(5-8)12(13,14)15/h2-5H,6H2,1H3. The minimum Gasteiger partial charge on any atom is -0.166 e. The molecule has 0 nitrogen and oxygen atoms in total. The number of hydrogen-bond donors (Lipinski definition) is 0. The summed E-state index contributed by atoms with van der Waals surface area (Å²) < 4.78 is 37.7. The van der Waals surface area contributed by atoms with Crippen molar-refractivity contribution in [3.8, 4) is 0 Å². The number of alkyl halides is 3. The van der Waals surface area contributed by atoms with Crippen molar-refractivity contribution < 1.29 is 13.2 Å². The molecule has 17 heavy (non-hydrogen) atoms. The first-order valence-corrected chi connectivity index (χ1v) is 6.33. The van der Waals surface area contributed by atoms with Gasteiger partial charge in [-0.1, -0.05) is 24.4 Å². The van der Waals surface area contributed by atoms with Crippen molar-refractivity contribution in [3.05, 3.63) is 41.0 Å². The zero-order valence-corrected chi connectivity index (χ0v) is 10.6. The average Bonchev–Trinajstić information content (AvgIpc) is 2.59. The molecule has 1 aromatic carbocycles. The van der Waals surface area contributed by atoms with Gasteiger partial charge in [-0.25, -0.2) is 0 Å². The lowest BCUT2D eigenvalue weighted by Gasteiger charge is -2.09. The topological polar surface area (TPSA) is 0 Å². The van der Waals surface area contributed by atoms with Gasteiger partial charge in [0.2, 0.25) is 0 Å². The van der Waals surface area contributed by atoms with Crippen LogP contribution in [0.5, 0.6) is 0 Å². The third-order valence-corrected chi connectivity index (χ3v) is 4.46. The van der Waals surface area contributed by atoms with E-state index in [1.165, 1.54) is 23.9 Å². The monoisotopic (exact) mass is 274 g/mol. The predicted octanol–water partition coefficient (Wildman–Crippen LogP) is 4.55. The first kappa shape index (κ1) is 12.6. The number of thioether (sulfide) groups is 1. The highest BCUT2D eigenvalue weighted by molar-refractivity contribution is 8.10. The largest absolute Gasteiger partial charge is 0.416 e. The van der Waals surface area contributed by atoms with Gasteiger partial charge in [0, 0.05) is 15.5 Å². The van der Waals surface area contributed by atoms with Crippen LogP contribution in [0.25, 0.3) is 4.91 Å². The molecular formula is C12H9F3S2. The van der Waals surface area contributed by atoms with Gasteiger partial charge in [-0.05, 0) is 30.2 Å². The summed E-state index contributed by atoms with van der Waals surface area (Å²) in [4.78, 5) is 1.68. The second kappa shape index (κ2) is 4.46. The molecule has 0 aromatic heterocycles. The van der Waals surface area contributed by atoms with Crippen LogP contribution >= 0.6 is 24.0 Å². The summed E-state index contributed by atoms with van der Waals surface area (Å²) in [5.41, 5.74) is 0.903. The van der Waals surface area contributed by atoms with Crippen LogP contribution in [0.4, 0.5) is 13.2 Å². The molecule has 0 atom stereocenters. The number of halogens is 3. The van der Waals surface area contributed by atoms with E-state index in [2.05, 4.69) is 0 Å². The number of benzene rings is 1. The van der Waals surface area contributed by atoms with E-state index in [-0.39, 0.29) is 0 Å². The van der Waals surface area contributed by atoms with Crippen LogP contribution in [0.2, 0.25) is 0 Å². The Hall–Kier alpha value is -0.810. The summed E-state index contributed by atoms with van der Waals surface area (Å²) >= 11 is 6.63. The highest BCUT2D eigenvalue weighted by atomic mass is 32.2. The normalized spacial score (nSPS) is 16.8. The molecule has 0 radical (unpaired) electrons. The first-order chi connectivity index (χ1) is 7.89. The Morgan fingerprint density at radius 1 is 1.29 bits per heavy atom. The first-order valence-electron chi connectivity index (χ1n) is 4.94. The lowest BCUT2D eigenvalue weighted by molar-refractivity contribution is -0.137. The van der Waals surface area contributed by atoms with Gasteiger partial charge in [-0.15, -0.1) is 11.8 Å². The molecule has 5 heteroatoms. The second-order valence-corrected chi connectivity index (χ2v) is 5.22. The third-order valence-electron chi connectivity index (χ3n) is 2.56. The summed E-state index contributed by atoms with van der Waals surface area (Å²) in [5, 5.41) is 0. The zero-order chi connectivity index (χ0) is 12.6. The molecule has 0 spiro atoms. The summed E-state index contributed by atoms with van der Waals surface area (Å²) in [6.45, 7) is 1.86. The van der Waals surface area contributed by atoms with Crippen molar-refractivity contribution in [2.75, 3.05) is 5.75 Å². The van der Waals surface area contributed by atoms with Gasteiger partial charge < -0.3 is 0 Å². The van der Waals surface area contributed by atoms with Crippen molar-refractivity contribution in [2.24, 2.45) is 0 Å². The van der Waals surface area contributed by atoms with Gasteiger partial charge in [0.15, 0.2) is 0 Å². The van der Waals surface area contributed by atoms with Gasteiger partial charge in [0.25, 0.3) is 0 Å². The lowest BCUT2D eigenvalue weighted by Crippen LogP contribution is -2.04. The summed E-state index contributed by atoms with van der Waals surface area (Å²) in [5.74, 6) is 0.687. The van der Waals surface area contributed by atoms with Crippen molar-refractivity contribution >= 4 is 33.7 Å². The zero-order valence-electron chi connectivity index (χ0n) is 8.97. The molecule has 1 aliphatic heterocycles. The minimum atomic E-state index is -4.30. The Labute approximate surface area is 107 Å². The maximum atomic E-state index is 12.6. The van der Waals surface area contributed by atoms with E-state index in [4.69, 9.17) is 12.2 Å². The minimum absolute atomic E-state index is 0.599. The molecule has 0 aliphatic carbocycles. The Kier molecular flexibility index (Phi) is 3.32. The molecule has 0 saturated carbocycles. The number of rotatable bonds is 1. The molecule has 0 bridgehead atoms. The molecule has 0 fully saturated rings. The maximum Gasteiger partial charge on any atom is 0.416 e. The van der Waals surface area contributed by atoms with Crippen LogP contribution in [-0.2, 0) is 6.18 Å². The van der Waals surface area contributed by atoms with E-state index in [1.807, 2.05) is 6.92 Å². The van der Waals surface area contributed by atoms with Crippen LogP contribution < -0.4 is 0 Å². The number of thiocarbonyl (C=S) groups is 1. The van der Waals surface area contributed by atoms with Gasteiger partial charge in [0.1, 0.15) is 0 Å². The van der Waals surface area contributed by atoms with Crippen LogP contribution in [0.1, 0.15) is 18.1 Å². The van der Waals surface area contributed by atoms with Crippen molar-refractivity contribution in [1.82, 2.24) is 0 Å². The molecule has 1 aromatic rings. The molecule has 0 saturated heterocycles. The Morgan fingerprint density at radius 2 is 2.00 bits per heavy atom. The molecule has 2 rings (SSSR count). The van der Waals surface area contributed by atoms with Crippen molar-refractivity contribution in [1.29, 1.82) is 0 Å². The van der Waals surface area contributed by atoms with E-state index >= 15 is 0 Å². The van der Waals surface area contributed by atoms with Gasteiger partial charge in [-0.3, -0.25) is 0 Å². The molecule has 0 amide bonds. The van der Waals surface area contributed by atoms with Gasteiger partial charge in [0.05, 0.1) is 5.56 Å². The van der Waals surface area contributed by atoms with Gasteiger partial charge >= 0.3 is 6.18 Å². The highest BCUT2D eigenvalue weighted by Crippen LogP contribution is 2.39. The van der Waals surface area contributed by atoms with Crippen molar-refractivity contribution in [3.63, 3.8) is 0 Å². The Balaban J connectivity index is 2.45. The number of allylic oxidation sites excluding steroid dienone is 1. The molecule has 1 heterocycles. The smallest absolute Gasteiger partial charge is 0.166 e. The fourth-order valence-corrected chi connectivity index (χ4v) is 3.09. The summed E-state index contributed by atoms with van der Waals surface area (Å²) in [6.07, 6.45) is -4.30. The second-order valence-electron chi connectivity index (χ2n) is 3.74. The predicted molar refractivity (Wildman–Crippen MR) is 69.1 cm³/mol. The highest BCUT2D eigenvalue weighted by Gasteiger charge is 2.31. The third kappa shape index (κ3) is 2.55. The fraction of sp³-hybridized carbons (Fsp3) is 0.250. The average molecular weight is 274 g/mol. The Morgan fingerprint density at radius 3 is 2.53 bits per heavy atom.